The summed E-state index contributed by atoms with van der Waals surface area (Å²) in [6.07, 6.45) is 1.71. The first-order chi connectivity index (χ1) is 16.8. The second-order valence-electron chi connectivity index (χ2n) is 7.81. The second kappa shape index (κ2) is 12.1. The highest BCUT2D eigenvalue weighted by molar-refractivity contribution is 7.92. The number of para-hydroxylation sites is 1. The smallest absolute Gasteiger partial charge is 0.232 e. The molecule has 0 heterocycles. The Labute approximate surface area is 206 Å². The number of nitrogens with one attached hydrogen (secondary N) is 1. The van der Waals surface area contributed by atoms with Crippen LogP contribution in [0.15, 0.2) is 72.8 Å². The molecule has 0 aliphatic heterocycles. The zero-order chi connectivity index (χ0) is 25.3. The normalized spacial score (nSPS) is 10.9. The standard InChI is InChI=1S/C26H30N2O6S/c1-32-24-16-11-20(18-25(24)33-2)19-27-26(29)10-7-17-28(35(3,30)31)21-12-14-23(15-13-21)34-22-8-5-4-6-9-22/h4-6,8-9,11-16,18H,7,10,17,19H2,1-3H3,(H,27,29). The average Bonchev–Trinajstić information content (AvgIpc) is 2.85. The van der Waals surface area contributed by atoms with Gasteiger partial charge >= 0.3 is 0 Å². The molecule has 0 bridgehead atoms. The van der Waals surface area contributed by atoms with E-state index in [1.807, 2.05) is 36.4 Å². The van der Waals surface area contributed by atoms with E-state index >= 15 is 0 Å². The van der Waals surface area contributed by atoms with E-state index in [-0.39, 0.29) is 18.9 Å². The number of carbonyl (C=O) groups is 1. The van der Waals surface area contributed by atoms with E-state index in [1.165, 1.54) is 4.31 Å². The van der Waals surface area contributed by atoms with Gasteiger partial charge in [-0.05, 0) is 60.5 Å². The Morgan fingerprint density at radius 2 is 1.54 bits per heavy atom. The largest absolute Gasteiger partial charge is 0.493 e. The van der Waals surface area contributed by atoms with Crippen LogP contribution in [-0.2, 0) is 21.4 Å². The van der Waals surface area contributed by atoms with E-state index in [4.69, 9.17) is 14.2 Å². The van der Waals surface area contributed by atoms with Gasteiger partial charge in [-0.2, -0.15) is 0 Å². The van der Waals surface area contributed by atoms with Crippen LogP contribution in [0.25, 0.3) is 0 Å². The molecule has 0 atom stereocenters. The number of nitrogens with zero attached hydrogens (tertiary/aromatic N) is 1. The Hall–Kier alpha value is -3.72. The lowest BCUT2D eigenvalue weighted by atomic mass is 10.2. The summed E-state index contributed by atoms with van der Waals surface area (Å²) in [4.78, 5) is 12.3. The maximum Gasteiger partial charge on any atom is 0.232 e. The van der Waals surface area contributed by atoms with Crippen LogP contribution in [0.3, 0.4) is 0 Å². The van der Waals surface area contributed by atoms with Crippen LogP contribution >= 0.6 is 0 Å². The zero-order valence-corrected chi connectivity index (χ0v) is 20.9. The number of ether oxygens (including phenoxy) is 3. The SMILES string of the molecule is COc1ccc(CNC(=O)CCCN(c2ccc(Oc3ccccc3)cc2)S(C)(=O)=O)cc1OC. The Kier molecular flexibility index (Phi) is 8.97. The topological polar surface area (TPSA) is 94.2 Å². The summed E-state index contributed by atoms with van der Waals surface area (Å²) in [5, 5.41) is 2.85. The molecule has 35 heavy (non-hydrogen) atoms. The Balaban J connectivity index is 1.53. The minimum atomic E-state index is -3.52. The van der Waals surface area contributed by atoms with Gasteiger partial charge in [0, 0.05) is 19.5 Å². The first kappa shape index (κ1) is 25.9. The van der Waals surface area contributed by atoms with E-state index in [2.05, 4.69) is 5.32 Å². The summed E-state index contributed by atoms with van der Waals surface area (Å²) >= 11 is 0. The van der Waals surface area contributed by atoms with Crippen LogP contribution in [0.4, 0.5) is 5.69 Å². The highest BCUT2D eigenvalue weighted by atomic mass is 32.2. The van der Waals surface area contributed by atoms with Crippen LogP contribution in [0.2, 0.25) is 0 Å². The minimum Gasteiger partial charge on any atom is -0.493 e. The fourth-order valence-electron chi connectivity index (χ4n) is 3.45. The third-order valence-electron chi connectivity index (χ3n) is 5.21. The molecule has 3 rings (SSSR count). The third-order valence-corrected chi connectivity index (χ3v) is 6.40. The molecule has 0 aliphatic rings. The molecule has 8 nitrogen and oxygen atoms in total. The predicted octanol–water partition coefficient (Wildman–Crippen LogP) is 4.36. The van der Waals surface area contributed by atoms with Crippen LogP contribution in [0, 0.1) is 0 Å². The molecule has 3 aromatic rings. The van der Waals surface area contributed by atoms with Gasteiger partial charge in [0.1, 0.15) is 11.5 Å². The van der Waals surface area contributed by atoms with E-state index in [9.17, 15) is 13.2 Å². The van der Waals surface area contributed by atoms with Crippen molar-refractivity contribution in [3.05, 3.63) is 78.4 Å². The van der Waals surface area contributed by atoms with Gasteiger partial charge in [0.15, 0.2) is 11.5 Å². The predicted molar refractivity (Wildman–Crippen MR) is 136 cm³/mol. The lowest BCUT2D eigenvalue weighted by Gasteiger charge is -2.22. The van der Waals surface area contributed by atoms with Crippen molar-refractivity contribution in [2.24, 2.45) is 0 Å². The van der Waals surface area contributed by atoms with E-state index in [1.54, 1.807) is 50.6 Å². The van der Waals surface area contributed by atoms with Gasteiger partial charge < -0.3 is 19.5 Å². The van der Waals surface area contributed by atoms with Crippen LogP contribution in [-0.4, -0.2) is 41.3 Å². The number of anilines is 1. The van der Waals surface area contributed by atoms with Crippen molar-refractivity contribution in [1.29, 1.82) is 0 Å². The fraction of sp³-hybridized carbons (Fsp3) is 0.269. The number of hydrogen-bond acceptors (Lipinski definition) is 6. The third kappa shape index (κ3) is 7.65. The molecular weight excluding hydrogens is 468 g/mol. The molecule has 186 valence electrons. The van der Waals surface area contributed by atoms with Crippen molar-refractivity contribution in [1.82, 2.24) is 5.32 Å². The van der Waals surface area contributed by atoms with Gasteiger partial charge in [-0.3, -0.25) is 9.10 Å². The van der Waals surface area contributed by atoms with Gasteiger partial charge in [0.25, 0.3) is 0 Å². The Morgan fingerprint density at radius 3 is 2.17 bits per heavy atom. The molecule has 0 saturated carbocycles. The lowest BCUT2D eigenvalue weighted by Crippen LogP contribution is -2.32. The van der Waals surface area contributed by atoms with Crippen molar-refractivity contribution >= 4 is 21.6 Å². The van der Waals surface area contributed by atoms with Gasteiger partial charge in [-0.15, -0.1) is 0 Å². The summed E-state index contributed by atoms with van der Waals surface area (Å²) in [5.41, 5.74) is 1.38. The van der Waals surface area contributed by atoms with Crippen molar-refractivity contribution in [2.45, 2.75) is 19.4 Å². The first-order valence-corrected chi connectivity index (χ1v) is 12.9. The number of benzene rings is 3. The maximum absolute atomic E-state index is 12.4. The molecule has 0 aromatic heterocycles. The molecule has 0 fully saturated rings. The first-order valence-electron chi connectivity index (χ1n) is 11.1. The minimum absolute atomic E-state index is 0.167. The number of rotatable bonds is 12. The second-order valence-corrected chi connectivity index (χ2v) is 9.72. The lowest BCUT2D eigenvalue weighted by molar-refractivity contribution is -0.121. The van der Waals surface area contributed by atoms with Gasteiger partial charge in [-0.1, -0.05) is 24.3 Å². The molecule has 0 unspecified atom stereocenters. The molecular formula is C26H30N2O6S. The summed E-state index contributed by atoms with van der Waals surface area (Å²) in [6, 6.07) is 21.6. The van der Waals surface area contributed by atoms with E-state index < -0.39 is 10.0 Å². The maximum atomic E-state index is 12.4. The van der Waals surface area contributed by atoms with Crippen LogP contribution < -0.4 is 23.8 Å². The monoisotopic (exact) mass is 498 g/mol. The summed E-state index contributed by atoms with van der Waals surface area (Å²) in [7, 11) is -0.408. The van der Waals surface area contributed by atoms with E-state index in [0.29, 0.717) is 41.7 Å². The number of amides is 1. The molecule has 0 saturated heterocycles. The van der Waals surface area contributed by atoms with Gasteiger partial charge in [-0.25, -0.2) is 8.42 Å². The van der Waals surface area contributed by atoms with Crippen molar-refractivity contribution in [3.8, 4) is 23.0 Å². The quantitative estimate of drug-likeness (QED) is 0.399. The molecule has 0 aliphatic carbocycles. The Morgan fingerprint density at radius 1 is 0.886 bits per heavy atom. The summed E-state index contributed by atoms with van der Waals surface area (Å²) < 4.78 is 42.3. The molecule has 3 aromatic carbocycles. The number of carbonyl (C=O) groups excluding carboxylic acids is 1. The van der Waals surface area contributed by atoms with Gasteiger partial charge in [0.05, 0.1) is 26.2 Å². The van der Waals surface area contributed by atoms with E-state index in [0.717, 1.165) is 11.8 Å². The number of sulfonamides is 1. The highest BCUT2D eigenvalue weighted by Gasteiger charge is 2.18. The average molecular weight is 499 g/mol. The molecule has 1 N–H and O–H groups in total. The zero-order valence-electron chi connectivity index (χ0n) is 20.1. The van der Waals surface area contributed by atoms with Crippen LogP contribution in [0.1, 0.15) is 18.4 Å². The summed E-state index contributed by atoms with van der Waals surface area (Å²) in [5.74, 6) is 2.33. The molecule has 0 spiro atoms. The highest BCUT2D eigenvalue weighted by Crippen LogP contribution is 2.28. The molecule has 1 amide bonds. The van der Waals surface area contributed by atoms with Crippen LogP contribution in [0.5, 0.6) is 23.0 Å². The van der Waals surface area contributed by atoms with Crippen molar-refractivity contribution in [3.63, 3.8) is 0 Å². The van der Waals surface area contributed by atoms with Crippen molar-refractivity contribution < 1.29 is 27.4 Å². The Bertz CT molecular complexity index is 1210. The summed E-state index contributed by atoms with van der Waals surface area (Å²) in [6.45, 7) is 0.513. The fourth-order valence-corrected chi connectivity index (χ4v) is 4.42. The number of hydrogen-bond donors (Lipinski definition) is 1. The molecule has 0 radical (unpaired) electrons. The van der Waals surface area contributed by atoms with Crippen molar-refractivity contribution in [2.75, 3.05) is 31.3 Å². The number of methoxy groups -OCH3 is 2. The molecule has 9 heteroatoms. The van der Waals surface area contributed by atoms with Gasteiger partial charge in [0.2, 0.25) is 15.9 Å².